The molecule has 1 amide bonds. The summed E-state index contributed by atoms with van der Waals surface area (Å²) in [6.45, 7) is 3.55. The van der Waals surface area contributed by atoms with Gasteiger partial charge in [0.25, 0.3) is 0 Å². The monoisotopic (exact) mass is 519 g/mol. The molecule has 3 N–H and O–H groups in total. The van der Waals surface area contributed by atoms with Crippen LogP contribution in [0.1, 0.15) is 39.0 Å². The van der Waals surface area contributed by atoms with Gasteiger partial charge in [-0.2, -0.15) is 0 Å². The van der Waals surface area contributed by atoms with Crippen LogP contribution in [0.25, 0.3) is 0 Å². The number of rotatable bonds is 10. The number of anilines is 1. The molecule has 1 fully saturated rings. The molecule has 11 heteroatoms. The van der Waals surface area contributed by atoms with Crippen molar-refractivity contribution in [1.29, 1.82) is 0 Å². The number of fused-ring (bicyclic) bond motifs is 1. The summed E-state index contributed by atoms with van der Waals surface area (Å²) in [6, 6.07) is 5.30. The molecule has 0 radical (unpaired) electrons. The Morgan fingerprint density at radius 3 is 2.65 bits per heavy atom. The highest BCUT2D eigenvalue weighted by molar-refractivity contribution is 6.02. The Balaban J connectivity index is 0.00000289. The molecule has 0 aromatic heterocycles. The number of para-hydroxylation sites is 2. The second kappa shape index (κ2) is 15.0. The number of ether oxygens (including phenoxy) is 2. The average molecular weight is 520 g/mol. The van der Waals surface area contributed by atoms with Gasteiger partial charge in [0.2, 0.25) is 5.91 Å². The highest BCUT2D eigenvalue weighted by atomic mass is 35.5. The summed E-state index contributed by atoms with van der Waals surface area (Å²) in [5, 5.41) is 15.8. The summed E-state index contributed by atoms with van der Waals surface area (Å²) in [7, 11) is 0. The first-order valence-corrected chi connectivity index (χ1v) is 11.4. The Morgan fingerprint density at radius 1 is 1.26 bits per heavy atom. The van der Waals surface area contributed by atoms with Gasteiger partial charge >= 0.3 is 11.9 Å². The number of benzene rings is 1. The molecule has 2 heterocycles. The number of esters is 1. The van der Waals surface area contributed by atoms with Crippen molar-refractivity contribution in [3.05, 3.63) is 24.3 Å². The molecule has 0 bridgehead atoms. The Bertz CT molecular complexity index is 807. The lowest BCUT2D eigenvalue weighted by Crippen LogP contribution is -2.54. The van der Waals surface area contributed by atoms with Crippen LogP contribution in [0.2, 0.25) is 0 Å². The molecule has 3 rings (SSSR count). The fourth-order valence-electron chi connectivity index (χ4n) is 4.31. The number of hydrogen-bond donors (Lipinski definition) is 3. The van der Waals surface area contributed by atoms with Crippen molar-refractivity contribution < 1.29 is 29.0 Å². The molecule has 2 atom stereocenters. The molecular formula is C23H35Cl2N3O6. The van der Waals surface area contributed by atoms with Crippen molar-refractivity contribution in [2.45, 2.75) is 51.1 Å². The van der Waals surface area contributed by atoms with Crippen molar-refractivity contribution in [3.63, 3.8) is 0 Å². The van der Waals surface area contributed by atoms with E-state index in [1.54, 1.807) is 31.2 Å². The largest absolute Gasteiger partial charge is 0.489 e. The van der Waals surface area contributed by atoms with Crippen molar-refractivity contribution in [2.75, 3.05) is 37.7 Å². The second-order valence-corrected chi connectivity index (χ2v) is 8.25. The summed E-state index contributed by atoms with van der Waals surface area (Å²) in [5.74, 6) is -0.896. The molecule has 0 aliphatic carbocycles. The summed E-state index contributed by atoms with van der Waals surface area (Å²) < 4.78 is 11.0. The first kappa shape index (κ1) is 30.0. The zero-order chi connectivity index (χ0) is 22.9. The third kappa shape index (κ3) is 8.30. The number of halogens is 2. The highest BCUT2D eigenvalue weighted by Gasteiger charge is 2.35. The Labute approximate surface area is 212 Å². The maximum Gasteiger partial charge on any atom is 0.323 e. The van der Waals surface area contributed by atoms with Crippen LogP contribution in [-0.4, -0.2) is 67.9 Å². The van der Waals surface area contributed by atoms with Crippen LogP contribution in [0.15, 0.2) is 24.3 Å². The van der Waals surface area contributed by atoms with Gasteiger partial charge in [0.1, 0.15) is 31.0 Å². The number of carboxylic acids is 1. The van der Waals surface area contributed by atoms with Crippen LogP contribution in [0.5, 0.6) is 5.75 Å². The molecular weight excluding hydrogens is 485 g/mol. The maximum absolute atomic E-state index is 13.2. The van der Waals surface area contributed by atoms with Gasteiger partial charge in [-0.1, -0.05) is 25.0 Å². The standard InChI is InChI=1S/C23H33N3O6.2ClH/c1-2-31-23(30)17(7-5-6-16-10-12-24-13-11-16)25-18-15-32-20-9-4-3-8-19(20)26(22(18)29)14-21(27)28;;/h3-4,8-9,16-18,24-25H,2,5-7,10-15H2,1H3,(H,27,28);2*1H/t17-,18?;;/m0../s1. The number of hydrogen-bond acceptors (Lipinski definition) is 7. The molecule has 2 aliphatic heterocycles. The topological polar surface area (TPSA) is 117 Å². The fraction of sp³-hybridized carbons (Fsp3) is 0.609. The minimum Gasteiger partial charge on any atom is -0.489 e. The number of carbonyl (C=O) groups excluding carboxylic acids is 2. The average Bonchev–Trinajstić information content (AvgIpc) is 2.91. The molecule has 1 aromatic rings. The zero-order valence-electron chi connectivity index (χ0n) is 19.4. The molecule has 1 aromatic carbocycles. The predicted molar refractivity (Wildman–Crippen MR) is 133 cm³/mol. The van der Waals surface area contributed by atoms with Crippen LogP contribution in [0.3, 0.4) is 0 Å². The fourth-order valence-corrected chi connectivity index (χ4v) is 4.31. The third-order valence-electron chi connectivity index (χ3n) is 5.96. The second-order valence-electron chi connectivity index (χ2n) is 8.25. The lowest BCUT2D eigenvalue weighted by atomic mass is 9.91. The minimum absolute atomic E-state index is 0. The smallest absolute Gasteiger partial charge is 0.323 e. The van der Waals surface area contributed by atoms with Gasteiger partial charge in [-0.3, -0.25) is 24.6 Å². The van der Waals surface area contributed by atoms with E-state index >= 15 is 0 Å². The molecule has 0 saturated carbocycles. The van der Waals surface area contributed by atoms with Crippen LogP contribution >= 0.6 is 24.8 Å². The summed E-state index contributed by atoms with van der Waals surface area (Å²) >= 11 is 0. The molecule has 34 heavy (non-hydrogen) atoms. The minimum atomic E-state index is -1.13. The molecule has 192 valence electrons. The highest BCUT2D eigenvalue weighted by Crippen LogP contribution is 2.31. The van der Waals surface area contributed by atoms with Gasteiger partial charge in [0, 0.05) is 0 Å². The van der Waals surface area contributed by atoms with E-state index in [0.717, 1.165) is 38.8 Å². The lowest BCUT2D eigenvalue weighted by molar-refractivity contribution is -0.146. The number of aliphatic carboxylic acids is 1. The third-order valence-corrected chi connectivity index (χ3v) is 5.96. The number of nitrogens with one attached hydrogen (secondary N) is 2. The Morgan fingerprint density at radius 2 is 1.97 bits per heavy atom. The van der Waals surface area contributed by atoms with Crippen LogP contribution in [0, 0.1) is 5.92 Å². The normalized spacial score (nSPS) is 18.9. The van der Waals surface area contributed by atoms with Gasteiger partial charge < -0.3 is 19.9 Å². The number of piperidine rings is 1. The molecule has 1 unspecified atom stereocenters. The summed E-state index contributed by atoms with van der Waals surface area (Å²) in [4.78, 5) is 38.5. The lowest BCUT2D eigenvalue weighted by Gasteiger charge is -2.27. The van der Waals surface area contributed by atoms with E-state index in [2.05, 4.69) is 10.6 Å². The van der Waals surface area contributed by atoms with E-state index in [4.69, 9.17) is 9.47 Å². The summed E-state index contributed by atoms with van der Waals surface area (Å²) in [5.41, 5.74) is 0.405. The Kier molecular flexibility index (Phi) is 13.2. The predicted octanol–water partition coefficient (Wildman–Crippen LogP) is 2.40. The van der Waals surface area contributed by atoms with Gasteiger partial charge in [-0.05, 0) is 57.3 Å². The van der Waals surface area contributed by atoms with Gasteiger partial charge in [0.05, 0.1) is 12.3 Å². The molecule has 1 saturated heterocycles. The van der Waals surface area contributed by atoms with E-state index < -0.39 is 36.5 Å². The van der Waals surface area contributed by atoms with Crippen molar-refractivity contribution >= 4 is 48.3 Å². The van der Waals surface area contributed by atoms with Crippen LogP contribution < -0.4 is 20.3 Å². The SMILES string of the molecule is CCOC(=O)[C@H](CCCC1CCNCC1)NC1COc2ccccc2N(CC(=O)O)C1=O.Cl.Cl. The van der Waals surface area contributed by atoms with Crippen molar-refractivity contribution in [3.8, 4) is 5.75 Å². The van der Waals surface area contributed by atoms with E-state index in [0.29, 0.717) is 23.8 Å². The molecule has 9 nitrogen and oxygen atoms in total. The first-order chi connectivity index (χ1) is 15.5. The van der Waals surface area contributed by atoms with Gasteiger partial charge in [-0.25, -0.2) is 0 Å². The van der Waals surface area contributed by atoms with Crippen LogP contribution in [-0.2, 0) is 19.1 Å². The Hall–Kier alpha value is -2.07. The number of amides is 1. The van der Waals surface area contributed by atoms with E-state index in [9.17, 15) is 19.5 Å². The van der Waals surface area contributed by atoms with E-state index in [1.807, 2.05) is 0 Å². The number of nitrogens with zero attached hydrogens (tertiary/aromatic N) is 1. The van der Waals surface area contributed by atoms with Crippen molar-refractivity contribution in [2.24, 2.45) is 5.92 Å². The molecule has 0 spiro atoms. The van der Waals surface area contributed by atoms with Gasteiger partial charge in [-0.15, -0.1) is 24.8 Å². The molecule has 2 aliphatic rings. The van der Waals surface area contributed by atoms with E-state index in [1.165, 1.54) is 4.90 Å². The van der Waals surface area contributed by atoms with Crippen molar-refractivity contribution in [1.82, 2.24) is 10.6 Å². The number of carboxylic acid groups (broad SMARTS) is 1. The van der Waals surface area contributed by atoms with Gasteiger partial charge in [0.15, 0.2) is 0 Å². The first-order valence-electron chi connectivity index (χ1n) is 11.4. The van der Waals surface area contributed by atoms with Crippen LogP contribution in [0.4, 0.5) is 5.69 Å². The zero-order valence-corrected chi connectivity index (χ0v) is 21.0. The quantitative estimate of drug-likeness (QED) is 0.403. The summed E-state index contributed by atoms with van der Waals surface area (Å²) in [6.07, 6.45) is 4.66. The van der Waals surface area contributed by atoms with E-state index in [-0.39, 0.29) is 38.0 Å². The number of carbonyl (C=O) groups is 3. The maximum atomic E-state index is 13.2.